The Hall–Kier alpha value is -3.95. The maximum Gasteiger partial charge on any atom is 0.278 e. The van der Waals surface area contributed by atoms with Crippen LogP contribution in [0.25, 0.3) is 0 Å². The summed E-state index contributed by atoms with van der Waals surface area (Å²) in [5, 5.41) is 5.94. The van der Waals surface area contributed by atoms with Crippen LogP contribution in [0, 0.1) is 19.7 Å². The van der Waals surface area contributed by atoms with Crippen LogP contribution in [0.1, 0.15) is 27.9 Å². The van der Waals surface area contributed by atoms with Gasteiger partial charge in [0.15, 0.2) is 0 Å². The molecule has 0 radical (unpaired) electrons. The summed E-state index contributed by atoms with van der Waals surface area (Å²) in [6.07, 6.45) is 0.533. The number of carbonyl (C=O) groups is 3. The lowest BCUT2D eigenvalue weighted by Crippen LogP contribution is -2.33. The van der Waals surface area contributed by atoms with Crippen molar-refractivity contribution < 1.29 is 23.5 Å². The number of amides is 3. The summed E-state index contributed by atoms with van der Waals surface area (Å²) >= 11 is 1.19. The van der Waals surface area contributed by atoms with Gasteiger partial charge in [0.05, 0.1) is 0 Å². The second-order valence-electron chi connectivity index (χ2n) is 8.82. The molecule has 0 aromatic heterocycles. The van der Waals surface area contributed by atoms with Crippen LogP contribution in [0.4, 0.5) is 15.8 Å². The third-order valence-electron chi connectivity index (χ3n) is 6.07. The van der Waals surface area contributed by atoms with E-state index >= 15 is 0 Å². The van der Waals surface area contributed by atoms with Gasteiger partial charge in [-0.05, 0) is 92.1 Å². The quantitative estimate of drug-likeness (QED) is 0.264. The molecule has 4 rings (SSSR count). The van der Waals surface area contributed by atoms with Crippen molar-refractivity contribution in [3.05, 3.63) is 99.8 Å². The molecule has 0 fully saturated rings. The summed E-state index contributed by atoms with van der Waals surface area (Å²) in [4.78, 5) is 41.2. The Balaban J connectivity index is 1.54. The molecule has 196 valence electrons. The van der Waals surface area contributed by atoms with Crippen LogP contribution in [-0.4, -0.2) is 42.9 Å². The standard InChI is InChI=1S/C29H28FN3O4S/c1-18-5-10-23(17-19(18)2)31-25-26(29(36)33(28(25)35)15-4-16-37-3)38-24-13-11-22(12-14-24)32-27(34)20-6-8-21(30)9-7-20/h5-14,17,31H,4,15-16H2,1-3H3,(H,32,34). The van der Waals surface area contributed by atoms with Crippen molar-refractivity contribution in [3.8, 4) is 0 Å². The van der Waals surface area contributed by atoms with Gasteiger partial charge in [0.25, 0.3) is 17.7 Å². The molecule has 0 spiro atoms. The highest BCUT2D eigenvalue weighted by Crippen LogP contribution is 2.36. The molecule has 3 amide bonds. The summed E-state index contributed by atoms with van der Waals surface area (Å²) in [5.74, 6) is -1.52. The lowest BCUT2D eigenvalue weighted by Gasteiger charge is -2.15. The van der Waals surface area contributed by atoms with Gasteiger partial charge in [-0.25, -0.2) is 4.39 Å². The van der Waals surface area contributed by atoms with Crippen molar-refractivity contribution >= 4 is 40.9 Å². The molecule has 1 aliphatic rings. The lowest BCUT2D eigenvalue weighted by atomic mass is 10.1. The van der Waals surface area contributed by atoms with Crippen LogP contribution < -0.4 is 10.6 Å². The van der Waals surface area contributed by atoms with Crippen molar-refractivity contribution in [1.82, 2.24) is 4.90 Å². The number of hydrogen-bond donors (Lipinski definition) is 2. The van der Waals surface area contributed by atoms with Gasteiger partial charge in [-0.2, -0.15) is 0 Å². The first-order chi connectivity index (χ1) is 18.3. The Bertz CT molecular complexity index is 1390. The minimum atomic E-state index is -0.416. The van der Waals surface area contributed by atoms with E-state index in [1.807, 2.05) is 32.0 Å². The molecule has 2 N–H and O–H groups in total. The highest BCUT2D eigenvalue weighted by atomic mass is 32.2. The maximum absolute atomic E-state index is 13.3. The Labute approximate surface area is 225 Å². The number of imide groups is 1. The van der Waals surface area contributed by atoms with Crippen molar-refractivity contribution in [1.29, 1.82) is 0 Å². The van der Waals surface area contributed by atoms with E-state index in [-0.39, 0.29) is 30.0 Å². The number of nitrogens with zero attached hydrogens (tertiary/aromatic N) is 1. The summed E-state index contributed by atoms with van der Waals surface area (Å²) in [6.45, 7) is 4.68. The molecule has 0 unspecified atom stereocenters. The number of anilines is 2. The lowest BCUT2D eigenvalue weighted by molar-refractivity contribution is -0.137. The summed E-state index contributed by atoms with van der Waals surface area (Å²) < 4.78 is 18.2. The number of ether oxygens (including phenoxy) is 1. The highest BCUT2D eigenvalue weighted by Gasteiger charge is 2.38. The van der Waals surface area contributed by atoms with Crippen LogP contribution in [-0.2, 0) is 14.3 Å². The normalized spacial score (nSPS) is 13.3. The maximum atomic E-state index is 13.3. The van der Waals surface area contributed by atoms with Gasteiger partial charge >= 0.3 is 0 Å². The molecule has 38 heavy (non-hydrogen) atoms. The van der Waals surface area contributed by atoms with E-state index in [0.29, 0.717) is 29.2 Å². The number of hydrogen-bond acceptors (Lipinski definition) is 6. The van der Waals surface area contributed by atoms with Gasteiger partial charge in [-0.15, -0.1) is 0 Å². The van der Waals surface area contributed by atoms with Gasteiger partial charge in [-0.1, -0.05) is 17.8 Å². The fourth-order valence-electron chi connectivity index (χ4n) is 3.82. The van der Waals surface area contributed by atoms with Crippen LogP contribution >= 0.6 is 11.8 Å². The molecule has 0 saturated carbocycles. The molecule has 3 aromatic rings. The van der Waals surface area contributed by atoms with Crippen LogP contribution in [0.5, 0.6) is 0 Å². The third kappa shape index (κ3) is 6.30. The van der Waals surface area contributed by atoms with E-state index in [9.17, 15) is 18.8 Å². The predicted octanol–water partition coefficient (Wildman–Crippen LogP) is 5.52. The highest BCUT2D eigenvalue weighted by molar-refractivity contribution is 8.04. The number of halogens is 1. The van der Waals surface area contributed by atoms with Gasteiger partial charge < -0.3 is 15.4 Å². The number of carbonyl (C=O) groups excluding carboxylic acids is 3. The van der Waals surface area contributed by atoms with Gasteiger partial charge in [-0.3, -0.25) is 19.3 Å². The number of aryl methyl sites for hydroxylation is 2. The number of benzene rings is 3. The number of thioether (sulfide) groups is 1. The zero-order valence-corrected chi connectivity index (χ0v) is 22.2. The molecule has 0 bridgehead atoms. The Morgan fingerprint density at radius 3 is 2.26 bits per heavy atom. The second kappa shape index (κ2) is 12.1. The molecule has 3 aromatic carbocycles. The largest absolute Gasteiger partial charge is 0.385 e. The van der Waals surface area contributed by atoms with Crippen molar-refractivity contribution in [2.45, 2.75) is 25.2 Å². The molecule has 9 heteroatoms. The summed E-state index contributed by atoms with van der Waals surface area (Å²) in [7, 11) is 1.58. The smallest absolute Gasteiger partial charge is 0.278 e. The van der Waals surface area contributed by atoms with Crippen molar-refractivity contribution in [2.24, 2.45) is 0 Å². The minimum absolute atomic E-state index is 0.231. The van der Waals surface area contributed by atoms with E-state index in [1.165, 1.54) is 40.9 Å². The molecule has 0 saturated heterocycles. The van der Waals surface area contributed by atoms with Gasteiger partial charge in [0.2, 0.25) is 0 Å². The number of nitrogens with one attached hydrogen (secondary N) is 2. The monoisotopic (exact) mass is 533 g/mol. The van der Waals surface area contributed by atoms with E-state index in [0.717, 1.165) is 21.7 Å². The average molecular weight is 534 g/mol. The third-order valence-corrected chi connectivity index (χ3v) is 7.16. The van der Waals surface area contributed by atoms with Gasteiger partial charge in [0.1, 0.15) is 16.4 Å². The first-order valence-corrected chi connectivity index (χ1v) is 12.9. The fourth-order valence-corrected chi connectivity index (χ4v) is 4.77. The van der Waals surface area contributed by atoms with E-state index in [2.05, 4.69) is 10.6 Å². The SMILES string of the molecule is COCCCN1C(=O)C(Nc2ccc(C)c(C)c2)=C(Sc2ccc(NC(=O)c3ccc(F)cc3)cc2)C1=O. The van der Waals surface area contributed by atoms with E-state index in [4.69, 9.17) is 4.74 Å². The van der Waals surface area contributed by atoms with Crippen molar-refractivity contribution in [2.75, 3.05) is 30.9 Å². The Morgan fingerprint density at radius 1 is 0.921 bits per heavy atom. The molecule has 1 heterocycles. The van der Waals surface area contributed by atoms with Crippen LogP contribution in [0.2, 0.25) is 0 Å². The molecule has 0 atom stereocenters. The molecule has 1 aliphatic heterocycles. The van der Waals surface area contributed by atoms with Gasteiger partial charge in [0, 0.05) is 42.1 Å². The molecular formula is C29H28FN3O4S. The average Bonchev–Trinajstić information content (AvgIpc) is 3.11. The molecule has 7 nitrogen and oxygen atoms in total. The Morgan fingerprint density at radius 2 is 1.61 bits per heavy atom. The first kappa shape index (κ1) is 27.1. The summed E-state index contributed by atoms with van der Waals surface area (Å²) in [6, 6.07) is 18.0. The summed E-state index contributed by atoms with van der Waals surface area (Å²) in [5.41, 5.74) is 4.02. The van der Waals surface area contributed by atoms with E-state index in [1.54, 1.807) is 31.4 Å². The molecule has 0 aliphatic carbocycles. The molecular weight excluding hydrogens is 505 g/mol. The van der Waals surface area contributed by atoms with Crippen LogP contribution in [0.3, 0.4) is 0 Å². The topological polar surface area (TPSA) is 87.7 Å². The Kier molecular flexibility index (Phi) is 8.60. The van der Waals surface area contributed by atoms with Crippen LogP contribution in [0.15, 0.2) is 82.2 Å². The second-order valence-corrected chi connectivity index (χ2v) is 9.91. The minimum Gasteiger partial charge on any atom is -0.385 e. The fraction of sp³-hybridized carbons (Fsp3) is 0.207. The van der Waals surface area contributed by atoms with Crippen molar-refractivity contribution in [3.63, 3.8) is 0 Å². The zero-order valence-electron chi connectivity index (χ0n) is 21.3. The number of rotatable bonds is 10. The number of methoxy groups -OCH3 is 1. The predicted molar refractivity (Wildman–Crippen MR) is 146 cm³/mol. The first-order valence-electron chi connectivity index (χ1n) is 12.1. The van der Waals surface area contributed by atoms with E-state index < -0.39 is 5.82 Å². The zero-order chi connectivity index (χ0) is 27.2.